The van der Waals surface area contributed by atoms with Crippen molar-refractivity contribution in [1.29, 1.82) is 0 Å². The molecule has 0 saturated carbocycles. The lowest BCUT2D eigenvalue weighted by Crippen LogP contribution is -2.07. The van der Waals surface area contributed by atoms with Crippen LogP contribution in [0.4, 0.5) is 0 Å². The first kappa shape index (κ1) is 5.54. The smallest absolute Gasteiger partial charge is 0.159 e. The Morgan fingerprint density at radius 3 is 2.88 bits per heavy atom. The van der Waals surface area contributed by atoms with Crippen molar-refractivity contribution >= 4 is 5.78 Å². The van der Waals surface area contributed by atoms with Crippen molar-refractivity contribution in [1.82, 2.24) is 0 Å². The van der Waals surface area contributed by atoms with Crippen molar-refractivity contribution in [2.75, 3.05) is 0 Å². The molecule has 0 N–H and O–H groups in total. The number of ketones is 1. The predicted octanol–water partition coefficient (Wildman–Crippen LogP) is 1.36. The third kappa shape index (κ3) is 1.19. The highest BCUT2D eigenvalue weighted by atomic mass is 16.1. The van der Waals surface area contributed by atoms with E-state index in [9.17, 15) is 4.79 Å². The van der Waals surface area contributed by atoms with Gasteiger partial charge in [-0.1, -0.05) is 13.0 Å². The molecule has 0 saturated heterocycles. The maximum Gasteiger partial charge on any atom is 0.159 e. The van der Waals surface area contributed by atoms with E-state index in [1.807, 2.05) is 13.0 Å². The Morgan fingerprint density at radius 2 is 2.50 bits per heavy atom. The fourth-order valence-corrected chi connectivity index (χ4v) is 0.803. The molecule has 8 heavy (non-hydrogen) atoms. The molecular weight excluding hydrogens is 100 g/mol. The Kier molecular flexibility index (Phi) is 1.47. The maximum absolute atomic E-state index is 10.5. The van der Waals surface area contributed by atoms with Crippen LogP contribution in [0.1, 0.15) is 13.3 Å². The highest BCUT2D eigenvalue weighted by Crippen LogP contribution is 2.12. The molecular formula is C7H9O. The number of hydrogen-bond acceptors (Lipinski definition) is 1. The van der Waals surface area contributed by atoms with E-state index in [0.717, 1.165) is 6.42 Å². The molecule has 0 bridgehead atoms. The van der Waals surface area contributed by atoms with E-state index in [1.165, 1.54) is 0 Å². The van der Waals surface area contributed by atoms with Crippen LogP contribution in [0.15, 0.2) is 12.2 Å². The molecule has 1 unspecified atom stereocenters. The molecule has 0 aliphatic heterocycles. The molecule has 0 heterocycles. The van der Waals surface area contributed by atoms with Crippen LogP contribution in [0.5, 0.6) is 0 Å². The largest absolute Gasteiger partial charge is 0.295 e. The van der Waals surface area contributed by atoms with Gasteiger partial charge in [-0.2, -0.15) is 0 Å². The highest BCUT2D eigenvalue weighted by Gasteiger charge is 2.09. The van der Waals surface area contributed by atoms with Crippen molar-refractivity contribution in [3.63, 3.8) is 0 Å². The first-order chi connectivity index (χ1) is 3.79. The van der Waals surface area contributed by atoms with Crippen LogP contribution < -0.4 is 0 Å². The Bertz CT molecular complexity index is 124. The van der Waals surface area contributed by atoms with Gasteiger partial charge in [0.15, 0.2) is 5.78 Å². The van der Waals surface area contributed by atoms with Gasteiger partial charge in [0.2, 0.25) is 0 Å². The zero-order valence-electron chi connectivity index (χ0n) is 4.92. The summed E-state index contributed by atoms with van der Waals surface area (Å²) in [5, 5.41) is 0. The summed E-state index contributed by atoms with van der Waals surface area (Å²) in [7, 11) is 0. The summed E-state index contributed by atoms with van der Waals surface area (Å²) in [6.45, 7) is 2.04. The van der Waals surface area contributed by atoms with Crippen molar-refractivity contribution in [3.05, 3.63) is 18.6 Å². The summed E-state index contributed by atoms with van der Waals surface area (Å²) in [6, 6.07) is 0. The van der Waals surface area contributed by atoms with E-state index in [-0.39, 0.29) is 5.78 Å². The minimum Gasteiger partial charge on any atom is -0.295 e. The van der Waals surface area contributed by atoms with E-state index < -0.39 is 0 Å². The van der Waals surface area contributed by atoms with Crippen LogP contribution in [0.25, 0.3) is 0 Å². The Morgan fingerprint density at radius 1 is 1.75 bits per heavy atom. The lowest BCUT2D eigenvalue weighted by atomic mass is 9.96. The van der Waals surface area contributed by atoms with E-state index in [4.69, 9.17) is 0 Å². The second-order valence-corrected chi connectivity index (χ2v) is 2.18. The molecule has 0 aromatic carbocycles. The molecule has 0 fully saturated rings. The minimum atomic E-state index is 0.156. The molecule has 43 valence electrons. The average molecular weight is 109 g/mol. The van der Waals surface area contributed by atoms with E-state index >= 15 is 0 Å². The third-order valence-corrected chi connectivity index (χ3v) is 1.24. The molecule has 1 aliphatic rings. The van der Waals surface area contributed by atoms with Crippen molar-refractivity contribution in [3.8, 4) is 0 Å². The molecule has 1 heteroatoms. The molecule has 1 radical (unpaired) electrons. The van der Waals surface area contributed by atoms with Crippen LogP contribution in [-0.4, -0.2) is 5.78 Å². The highest BCUT2D eigenvalue weighted by molar-refractivity contribution is 5.97. The van der Waals surface area contributed by atoms with Crippen molar-refractivity contribution in [2.45, 2.75) is 13.3 Å². The molecule has 0 aromatic rings. The van der Waals surface area contributed by atoms with Crippen LogP contribution >= 0.6 is 0 Å². The van der Waals surface area contributed by atoms with Gasteiger partial charge in [0.1, 0.15) is 0 Å². The lowest BCUT2D eigenvalue weighted by molar-refractivity contribution is -0.112. The topological polar surface area (TPSA) is 17.1 Å². The average Bonchev–Trinajstić information content (AvgIpc) is 1.64. The molecule has 1 nitrogen and oxygen atoms in total. The number of rotatable bonds is 0. The van der Waals surface area contributed by atoms with Crippen molar-refractivity contribution < 1.29 is 4.79 Å². The van der Waals surface area contributed by atoms with Gasteiger partial charge in [-0.3, -0.25) is 4.79 Å². The fraction of sp³-hybridized carbons (Fsp3) is 0.429. The normalized spacial score (nSPS) is 28.6. The summed E-state index contributed by atoms with van der Waals surface area (Å²) < 4.78 is 0. The van der Waals surface area contributed by atoms with E-state index in [0.29, 0.717) is 5.92 Å². The molecule has 1 aliphatic carbocycles. The molecule has 0 amide bonds. The SMILES string of the molecule is CC1[CH]C(=O)C=CC1. The van der Waals surface area contributed by atoms with Crippen LogP contribution in [-0.2, 0) is 4.79 Å². The van der Waals surface area contributed by atoms with Crippen molar-refractivity contribution in [2.24, 2.45) is 5.92 Å². The molecule has 1 atom stereocenters. The van der Waals surface area contributed by atoms with E-state index in [1.54, 1.807) is 12.5 Å². The van der Waals surface area contributed by atoms with Gasteiger partial charge in [-0.25, -0.2) is 0 Å². The van der Waals surface area contributed by atoms with Gasteiger partial charge in [-0.15, -0.1) is 0 Å². The predicted molar refractivity (Wildman–Crippen MR) is 32.2 cm³/mol. The Hall–Kier alpha value is -0.590. The zero-order chi connectivity index (χ0) is 5.98. The van der Waals surface area contributed by atoms with Gasteiger partial charge in [0.25, 0.3) is 0 Å². The minimum absolute atomic E-state index is 0.156. The van der Waals surface area contributed by atoms with Crippen LogP contribution in [0.2, 0.25) is 0 Å². The number of allylic oxidation sites excluding steroid dienone is 2. The fourth-order valence-electron chi connectivity index (χ4n) is 0.803. The Labute approximate surface area is 49.4 Å². The lowest BCUT2D eigenvalue weighted by Gasteiger charge is -2.08. The number of carbonyl (C=O) groups is 1. The van der Waals surface area contributed by atoms with E-state index in [2.05, 4.69) is 0 Å². The van der Waals surface area contributed by atoms with Crippen LogP contribution in [0.3, 0.4) is 0 Å². The molecule has 1 rings (SSSR count). The maximum atomic E-state index is 10.5. The van der Waals surface area contributed by atoms with Gasteiger partial charge in [-0.05, 0) is 18.4 Å². The van der Waals surface area contributed by atoms with Gasteiger partial charge >= 0.3 is 0 Å². The summed E-state index contributed by atoms with van der Waals surface area (Å²) >= 11 is 0. The quantitative estimate of drug-likeness (QED) is 0.459. The number of hydrogen-bond donors (Lipinski definition) is 0. The first-order valence-corrected chi connectivity index (χ1v) is 2.84. The van der Waals surface area contributed by atoms with Gasteiger partial charge in [0, 0.05) is 6.42 Å². The second kappa shape index (κ2) is 2.12. The first-order valence-electron chi connectivity index (χ1n) is 2.84. The standard InChI is InChI=1S/C7H9O/c1-6-3-2-4-7(8)5-6/h2,4-6H,3H2,1H3. The zero-order valence-corrected chi connectivity index (χ0v) is 4.92. The summed E-state index contributed by atoms with van der Waals surface area (Å²) in [6.07, 6.45) is 6.32. The van der Waals surface area contributed by atoms with Gasteiger partial charge < -0.3 is 0 Å². The number of carbonyl (C=O) groups excluding carboxylic acids is 1. The second-order valence-electron chi connectivity index (χ2n) is 2.18. The third-order valence-electron chi connectivity index (χ3n) is 1.24. The molecule has 0 spiro atoms. The monoisotopic (exact) mass is 109 g/mol. The van der Waals surface area contributed by atoms with Gasteiger partial charge in [0.05, 0.1) is 0 Å². The van der Waals surface area contributed by atoms with Crippen LogP contribution in [0, 0.1) is 12.3 Å². The summed E-state index contributed by atoms with van der Waals surface area (Å²) in [5.41, 5.74) is 0. The summed E-state index contributed by atoms with van der Waals surface area (Å²) in [4.78, 5) is 10.5. The summed E-state index contributed by atoms with van der Waals surface area (Å²) in [5.74, 6) is 0.608. The Balaban J connectivity index is 2.54. The molecule has 0 aromatic heterocycles.